The Morgan fingerprint density at radius 1 is 1.22 bits per heavy atom. The number of carbonyl (C=O) groups excluding carboxylic acids is 1. The normalized spacial score (nSPS) is 21.7. The quantitative estimate of drug-likeness (QED) is 0.666. The second kappa shape index (κ2) is 3.38. The van der Waals surface area contributed by atoms with Gasteiger partial charge in [0.25, 0.3) is 0 Å². The third-order valence-corrected chi connectivity index (χ3v) is 3.40. The van der Waals surface area contributed by atoms with Crippen LogP contribution in [0.15, 0.2) is 34.5 Å². The van der Waals surface area contributed by atoms with E-state index < -0.39 is 0 Å². The Balaban J connectivity index is 1.96. The second-order valence-corrected chi connectivity index (χ2v) is 4.44. The molecule has 3 heterocycles. The fraction of sp³-hybridized carbons (Fsp3) is 0.214. The molecule has 1 aromatic carbocycles. The minimum Gasteiger partial charge on any atom is -0.485 e. The standard InChI is InChI=1S/C14H10O4/c15-14-10-7-9-8-3-5-16-11(8)1-2-12(9)18-13(10)4-6-17-14/h1-3,5,7,13H,4,6H2. The number of cyclic esters (lactones) is 1. The monoisotopic (exact) mass is 242 g/mol. The van der Waals surface area contributed by atoms with Gasteiger partial charge in [0.05, 0.1) is 18.4 Å². The Bertz CT molecular complexity index is 680. The maximum absolute atomic E-state index is 11.7. The van der Waals surface area contributed by atoms with Crippen LogP contribution >= 0.6 is 0 Å². The molecule has 1 aromatic heterocycles. The van der Waals surface area contributed by atoms with Gasteiger partial charge in [-0.15, -0.1) is 0 Å². The van der Waals surface area contributed by atoms with E-state index in [1.54, 1.807) is 6.26 Å². The number of hydrogen-bond acceptors (Lipinski definition) is 4. The molecule has 1 saturated heterocycles. The van der Waals surface area contributed by atoms with Gasteiger partial charge in [-0.2, -0.15) is 0 Å². The maximum Gasteiger partial charge on any atom is 0.337 e. The van der Waals surface area contributed by atoms with Crippen LogP contribution in [0, 0.1) is 0 Å². The first-order valence-corrected chi connectivity index (χ1v) is 5.88. The molecule has 0 aliphatic carbocycles. The molecule has 0 radical (unpaired) electrons. The van der Waals surface area contributed by atoms with Gasteiger partial charge in [-0.25, -0.2) is 4.79 Å². The van der Waals surface area contributed by atoms with Crippen LogP contribution in [0.2, 0.25) is 0 Å². The number of hydrogen-bond donors (Lipinski definition) is 0. The number of benzene rings is 1. The zero-order chi connectivity index (χ0) is 12.1. The average Bonchev–Trinajstić information content (AvgIpc) is 2.86. The van der Waals surface area contributed by atoms with E-state index in [-0.39, 0.29) is 12.1 Å². The molecule has 1 atom stereocenters. The molecule has 2 aromatic rings. The zero-order valence-electron chi connectivity index (χ0n) is 9.51. The Kier molecular flexibility index (Phi) is 1.84. The summed E-state index contributed by atoms with van der Waals surface area (Å²) in [6, 6.07) is 5.64. The van der Waals surface area contributed by atoms with Gasteiger partial charge in [-0.1, -0.05) is 0 Å². The van der Waals surface area contributed by atoms with Gasteiger partial charge in [0, 0.05) is 17.4 Å². The molecule has 0 N–H and O–H groups in total. The third kappa shape index (κ3) is 1.23. The number of esters is 1. The first-order chi connectivity index (χ1) is 8.83. The molecule has 1 fully saturated rings. The smallest absolute Gasteiger partial charge is 0.337 e. The topological polar surface area (TPSA) is 48.7 Å². The van der Waals surface area contributed by atoms with Gasteiger partial charge in [0.15, 0.2) is 0 Å². The van der Waals surface area contributed by atoms with Crippen LogP contribution in [0.1, 0.15) is 12.0 Å². The lowest BCUT2D eigenvalue weighted by atomic mass is 9.96. The summed E-state index contributed by atoms with van der Waals surface area (Å²) in [5.41, 5.74) is 2.28. The van der Waals surface area contributed by atoms with E-state index in [0.717, 1.165) is 22.3 Å². The molecule has 4 rings (SSSR count). The van der Waals surface area contributed by atoms with Crippen molar-refractivity contribution < 1.29 is 18.7 Å². The zero-order valence-corrected chi connectivity index (χ0v) is 9.51. The lowest BCUT2D eigenvalue weighted by Gasteiger charge is -2.29. The van der Waals surface area contributed by atoms with Crippen LogP contribution in [0.3, 0.4) is 0 Å². The van der Waals surface area contributed by atoms with Crippen LogP contribution in [-0.2, 0) is 9.53 Å². The molecule has 2 aliphatic heterocycles. The van der Waals surface area contributed by atoms with Crippen molar-refractivity contribution in [2.75, 3.05) is 6.61 Å². The minimum atomic E-state index is -0.280. The highest BCUT2D eigenvalue weighted by atomic mass is 16.5. The second-order valence-electron chi connectivity index (χ2n) is 4.44. The van der Waals surface area contributed by atoms with Crippen molar-refractivity contribution in [2.45, 2.75) is 12.5 Å². The molecule has 0 bridgehead atoms. The number of fused-ring (bicyclic) bond motifs is 4. The van der Waals surface area contributed by atoms with Crippen molar-refractivity contribution in [2.24, 2.45) is 0 Å². The Hall–Kier alpha value is -2.23. The van der Waals surface area contributed by atoms with Gasteiger partial charge in [-0.3, -0.25) is 0 Å². The highest BCUT2D eigenvalue weighted by Gasteiger charge is 2.33. The summed E-state index contributed by atoms with van der Waals surface area (Å²) >= 11 is 0. The third-order valence-electron chi connectivity index (χ3n) is 3.40. The fourth-order valence-corrected chi connectivity index (χ4v) is 2.51. The number of ether oxygens (including phenoxy) is 2. The maximum atomic E-state index is 11.7. The lowest BCUT2D eigenvalue weighted by molar-refractivity contribution is -0.143. The molecule has 90 valence electrons. The molecule has 0 amide bonds. The predicted octanol–water partition coefficient (Wildman–Crippen LogP) is 2.52. The van der Waals surface area contributed by atoms with Gasteiger partial charge in [0.2, 0.25) is 0 Å². The first kappa shape index (κ1) is 9.76. The molecule has 2 aliphatic rings. The molecule has 1 unspecified atom stereocenters. The predicted molar refractivity (Wildman–Crippen MR) is 64.2 cm³/mol. The molecule has 18 heavy (non-hydrogen) atoms. The Labute approximate surface area is 103 Å². The van der Waals surface area contributed by atoms with Gasteiger partial charge in [-0.05, 0) is 24.3 Å². The van der Waals surface area contributed by atoms with E-state index in [4.69, 9.17) is 13.9 Å². The van der Waals surface area contributed by atoms with Crippen molar-refractivity contribution in [1.82, 2.24) is 0 Å². The van der Waals surface area contributed by atoms with E-state index in [0.29, 0.717) is 18.6 Å². The summed E-state index contributed by atoms with van der Waals surface area (Å²) in [6.45, 7) is 0.421. The Morgan fingerprint density at radius 2 is 2.17 bits per heavy atom. The van der Waals surface area contributed by atoms with Crippen molar-refractivity contribution in [1.29, 1.82) is 0 Å². The van der Waals surface area contributed by atoms with Crippen LogP contribution < -0.4 is 4.74 Å². The largest absolute Gasteiger partial charge is 0.485 e. The fourth-order valence-electron chi connectivity index (χ4n) is 2.51. The molecule has 0 saturated carbocycles. The van der Waals surface area contributed by atoms with Gasteiger partial charge >= 0.3 is 5.97 Å². The van der Waals surface area contributed by atoms with Gasteiger partial charge < -0.3 is 13.9 Å². The SMILES string of the molecule is O=C1OCCC2Oc3ccc4occc4c3C=C12. The molecular formula is C14H10O4. The highest BCUT2D eigenvalue weighted by Crippen LogP contribution is 2.37. The Morgan fingerprint density at radius 3 is 3.11 bits per heavy atom. The van der Waals surface area contributed by atoms with Crippen LogP contribution in [0.25, 0.3) is 17.0 Å². The van der Waals surface area contributed by atoms with Crippen molar-refractivity contribution in [3.63, 3.8) is 0 Å². The summed E-state index contributed by atoms with van der Waals surface area (Å²) in [5, 5.41) is 0.955. The lowest BCUT2D eigenvalue weighted by Crippen LogP contribution is -2.34. The van der Waals surface area contributed by atoms with E-state index in [2.05, 4.69) is 0 Å². The average molecular weight is 242 g/mol. The first-order valence-electron chi connectivity index (χ1n) is 5.88. The minimum absolute atomic E-state index is 0.178. The molecule has 0 spiro atoms. The van der Waals surface area contributed by atoms with Crippen LogP contribution in [0.4, 0.5) is 0 Å². The molecular weight excluding hydrogens is 232 g/mol. The number of rotatable bonds is 0. The summed E-state index contributed by atoms with van der Waals surface area (Å²) in [6.07, 6.45) is 4.03. The van der Waals surface area contributed by atoms with Crippen LogP contribution in [-0.4, -0.2) is 18.7 Å². The molecule has 4 nitrogen and oxygen atoms in total. The van der Waals surface area contributed by atoms with Crippen LogP contribution in [0.5, 0.6) is 5.75 Å². The van der Waals surface area contributed by atoms with E-state index >= 15 is 0 Å². The van der Waals surface area contributed by atoms with Crippen molar-refractivity contribution in [3.8, 4) is 5.75 Å². The van der Waals surface area contributed by atoms with E-state index in [1.165, 1.54) is 0 Å². The van der Waals surface area contributed by atoms with Gasteiger partial charge in [0.1, 0.15) is 17.4 Å². The summed E-state index contributed by atoms with van der Waals surface area (Å²) < 4.78 is 16.3. The molecule has 4 heteroatoms. The van der Waals surface area contributed by atoms with Crippen molar-refractivity contribution >= 4 is 23.0 Å². The highest BCUT2D eigenvalue weighted by molar-refractivity contribution is 6.01. The number of furan rings is 1. The van der Waals surface area contributed by atoms with E-state index in [1.807, 2.05) is 24.3 Å². The summed E-state index contributed by atoms with van der Waals surface area (Å²) in [4.78, 5) is 11.7. The number of carbonyl (C=O) groups is 1. The summed E-state index contributed by atoms with van der Waals surface area (Å²) in [5.74, 6) is 0.518. The summed E-state index contributed by atoms with van der Waals surface area (Å²) in [7, 11) is 0. The van der Waals surface area contributed by atoms with Crippen molar-refractivity contribution in [3.05, 3.63) is 35.6 Å². The van der Waals surface area contributed by atoms with E-state index in [9.17, 15) is 4.79 Å².